The van der Waals surface area contributed by atoms with Crippen molar-refractivity contribution in [3.05, 3.63) is 11.9 Å². The Morgan fingerprint density at radius 3 is 2.56 bits per heavy atom. The Bertz CT molecular complexity index is 409. The van der Waals surface area contributed by atoms with Crippen LogP contribution in [0.5, 0.6) is 0 Å². The smallest absolute Gasteiger partial charge is 0.241 e. The third-order valence-corrected chi connectivity index (χ3v) is 2.72. The van der Waals surface area contributed by atoms with Gasteiger partial charge in [0, 0.05) is 13.2 Å². The van der Waals surface area contributed by atoms with E-state index in [9.17, 15) is 4.79 Å². The van der Waals surface area contributed by atoms with E-state index < -0.39 is 6.04 Å². The molecule has 0 aliphatic heterocycles. The summed E-state index contributed by atoms with van der Waals surface area (Å²) in [6, 6.07) is -0.467. The molecule has 1 aromatic heterocycles. The molecule has 1 atom stereocenters. The molecule has 5 heteroatoms. The highest BCUT2D eigenvalue weighted by Crippen LogP contribution is 2.22. The van der Waals surface area contributed by atoms with Gasteiger partial charge in [0.05, 0.1) is 17.4 Å². The fourth-order valence-corrected chi connectivity index (χ4v) is 1.87. The fourth-order valence-electron chi connectivity index (χ4n) is 1.87. The summed E-state index contributed by atoms with van der Waals surface area (Å²) < 4.78 is 1.71. The second-order valence-corrected chi connectivity index (χ2v) is 5.48. The van der Waals surface area contributed by atoms with Gasteiger partial charge < -0.3 is 11.1 Å². The molecule has 5 nitrogen and oxygen atoms in total. The monoisotopic (exact) mass is 252 g/mol. The molecule has 0 aliphatic rings. The summed E-state index contributed by atoms with van der Waals surface area (Å²) in [5.41, 5.74) is 7.51. The number of hydrogen-bond donors (Lipinski definition) is 2. The molecule has 0 aromatic carbocycles. The summed E-state index contributed by atoms with van der Waals surface area (Å²) in [6.07, 6.45) is 2.50. The summed E-state index contributed by atoms with van der Waals surface area (Å²) in [7, 11) is 1.84. The highest BCUT2D eigenvalue weighted by Gasteiger charge is 2.18. The number of aryl methyl sites for hydroxylation is 1. The maximum absolute atomic E-state index is 12.0. The number of anilines is 1. The van der Waals surface area contributed by atoms with Crippen LogP contribution in [0.1, 0.15) is 45.7 Å². The van der Waals surface area contributed by atoms with Crippen LogP contribution < -0.4 is 11.1 Å². The molecule has 1 aromatic rings. The zero-order chi connectivity index (χ0) is 13.9. The van der Waals surface area contributed by atoms with E-state index in [4.69, 9.17) is 5.73 Å². The lowest BCUT2D eigenvalue weighted by molar-refractivity contribution is -0.117. The summed E-state index contributed by atoms with van der Waals surface area (Å²) in [5, 5.41) is 7.22. The van der Waals surface area contributed by atoms with Crippen molar-refractivity contribution in [2.24, 2.45) is 18.7 Å². The first-order chi connectivity index (χ1) is 8.31. The Morgan fingerprint density at radius 1 is 1.44 bits per heavy atom. The van der Waals surface area contributed by atoms with Crippen molar-refractivity contribution in [2.45, 2.75) is 46.1 Å². The molecule has 0 radical (unpaired) electrons. The van der Waals surface area contributed by atoms with Gasteiger partial charge in [0.15, 0.2) is 0 Å². The number of nitrogens with one attached hydrogen (secondary N) is 1. The largest absolute Gasteiger partial charge is 0.322 e. The zero-order valence-electron chi connectivity index (χ0n) is 11.9. The SMILES string of the molecule is CC(C)CC(N)C(=O)Nc1cn(C)nc1C(C)C. The molecule has 0 saturated carbocycles. The number of carbonyl (C=O) groups excluding carboxylic acids is 1. The number of nitrogens with two attached hydrogens (primary N) is 1. The molecule has 1 rings (SSSR count). The topological polar surface area (TPSA) is 72.9 Å². The highest BCUT2D eigenvalue weighted by atomic mass is 16.2. The Kier molecular flexibility index (Phi) is 4.90. The summed E-state index contributed by atoms with van der Waals surface area (Å²) in [5.74, 6) is 0.533. The number of carbonyl (C=O) groups is 1. The van der Waals surface area contributed by atoms with Crippen LogP contribution in [-0.4, -0.2) is 21.7 Å². The Hall–Kier alpha value is -1.36. The average Bonchev–Trinajstić information content (AvgIpc) is 2.58. The van der Waals surface area contributed by atoms with Gasteiger partial charge in [-0.2, -0.15) is 5.10 Å². The number of nitrogens with zero attached hydrogens (tertiary/aromatic N) is 2. The maximum atomic E-state index is 12.0. The second kappa shape index (κ2) is 6.00. The standard InChI is InChI=1S/C13H24N4O/c1-8(2)6-10(14)13(18)15-11-7-17(5)16-12(11)9(3)4/h7-10H,6,14H2,1-5H3,(H,15,18). The molecule has 0 spiro atoms. The summed E-state index contributed by atoms with van der Waals surface area (Å²) >= 11 is 0. The van der Waals surface area contributed by atoms with Gasteiger partial charge in [-0.05, 0) is 18.3 Å². The van der Waals surface area contributed by atoms with E-state index in [1.165, 1.54) is 0 Å². The molecular formula is C13H24N4O. The van der Waals surface area contributed by atoms with E-state index in [0.29, 0.717) is 12.3 Å². The molecule has 1 heterocycles. The highest BCUT2D eigenvalue weighted by molar-refractivity contribution is 5.95. The van der Waals surface area contributed by atoms with Crippen LogP contribution in [-0.2, 0) is 11.8 Å². The normalized spacial score (nSPS) is 13.1. The third-order valence-electron chi connectivity index (χ3n) is 2.72. The van der Waals surface area contributed by atoms with E-state index in [0.717, 1.165) is 11.4 Å². The van der Waals surface area contributed by atoms with E-state index >= 15 is 0 Å². The van der Waals surface area contributed by atoms with Crippen LogP contribution in [0.15, 0.2) is 6.20 Å². The minimum atomic E-state index is -0.467. The molecule has 3 N–H and O–H groups in total. The molecule has 0 saturated heterocycles. The molecule has 0 aliphatic carbocycles. The number of hydrogen-bond acceptors (Lipinski definition) is 3. The van der Waals surface area contributed by atoms with Crippen molar-refractivity contribution in [1.29, 1.82) is 0 Å². The van der Waals surface area contributed by atoms with Gasteiger partial charge in [-0.15, -0.1) is 0 Å². The molecule has 102 valence electrons. The second-order valence-electron chi connectivity index (χ2n) is 5.48. The minimum Gasteiger partial charge on any atom is -0.322 e. The van der Waals surface area contributed by atoms with Crippen LogP contribution in [0.3, 0.4) is 0 Å². The summed E-state index contributed by atoms with van der Waals surface area (Å²) in [4.78, 5) is 12.0. The first-order valence-corrected chi connectivity index (χ1v) is 6.41. The molecular weight excluding hydrogens is 228 g/mol. The van der Waals surface area contributed by atoms with Crippen LogP contribution in [0.25, 0.3) is 0 Å². The van der Waals surface area contributed by atoms with Gasteiger partial charge in [-0.3, -0.25) is 9.48 Å². The van der Waals surface area contributed by atoms with Crippen LogP contribution in [0.4, 0.5) is 5.69 Å². The van der Waals surface area contributed by atoms with Gasteiger partial charge in [-0.1, -0.05) is 27.7 Å². The van der Waals surface area contributed by atoms with Crippen molar-refractivity contribution < 1.29 is 4.79 Å². The van der Waals surface area contributed by atoms with Crippen molar-refractivity contribution in [1.82, 2.24) is 9.78 Å². The maximum Gasteiger partial charge on any atom is 0.241 e. The molecule has 1 unspecified atom stereocenters. The molecule has 1 amide bonds. The van der Waals surface area contributed by atoms with E-state index in [1.807, 2.05) is 27.1 Å². The van der Waals surface area contributed by atoms with Gasteiger partial charge in [0.1, 0.15) is 0 Å². The Balaban J connectivity index is 2.75. The van der Waals surface area contributed by atoms with Crippen LogP contribution in [0, 0.1) is 5.92 Å². The lowest BCUT2D eigenvalue weighted by Gasteiger charge is -2.14. The Morgan fingerprint density at radius 2 is 2.06 bits per heavy atom. The molecule has 0 bridgehead atoms. The van der Waals surface area contributed by atoms with E-state index in [2.05, 4.69) is 24.3 Å². The lowest BCUT2D eigenvalue weighted by Crippen LogP contribution is -2.36. The number of aromatic nitrogens is 2. The average molecular weight is 252 g/mol. The van der Waals surface area contributed by atoms with Crippen molar-refractivity contribution in [2.75, 3.05) is 5.32 Å². The predicted molar refractivity (Wildman–Crippen MR) is 73.4 cm³/mol. The summed E-state index contributed by atoms with van der Waals surface area (Å²) in [6.45, 7) is 8.20. The molecule has 18 heavy (non-hydrogen) atoms. The van der Waals surface area contributed by atoms with Crippen molar-refractivity contribution in [3.63, 3.8) is 0 Å². The minimum absolute atomic E-state index is 0.140. The zero-order valence-corrected chi connectivity index (χ0v) is 11.9. The number of amides is 1. The molecule has 0 fully saturated rings. The van der Waals surface area contributed by atoms with Crippen molar-refractivity contribution in [3.8, 4) is 0 Å². The lowest BCUT2D eigenvalue weighted by atomic mass is 10.0. The first kappa shape index (κ1) is 14.7. The first-order valence-electron chi connectivity index (χ1n) is 6.41. The quantitative estimate of drug-likeness (QED) is 0.840. The van der Waals surface area contributed by atoms with E-state index in [1.54, 1.807) is 4.68 Å². The van der Waals surface area contributed by atoms with E-state index in [-0.39, 0.29) is 11.8 Å². The van der Waals surface area contributed by atoms with Crippen molar-refractivity contribution >= 4 is 11.6 Å². The van der Waals surface area contributed by atoms with Gasteiger partial charge >= 0.3 is 0 Å². The van der Waals surface area contributed by atoms with Crippen LogP contribution >= 0.6 is 0 Å². The third kappa shape index (κ3) is 3.84. The van der Waals surface area contributed by atoms with Crippen LogP contribution in [0.2, 0.25) is 0 Å². The van der Waals surface area contributed by atoms with Gasteiger partial charge in [-0.25, -0.2) is 0 Å². The Labute approximate surface area is 109 Å². The number of rotatable bonds is 5. The van der Waals surface area contributed by atoms with Gasteiger partial charge in [0.2, 0.25) is 5.91 Å². The van der Waals surface area contributed by atoms with Gasteiger partial charge in [0.25, 0.3) is 0 Å². The predicted octanol–water partition coefficient (Wildman–Crippen LogP) is 1.86. The fraction of sp³-hybridized carbons (Fsp3) is 0.692.